The van der Waals surface area contributed by atoms with Crippen molar-refractivity contribution in [3.05, 3.63) is 72.2 Å². The van der Waals surface area contributed by atoms with E-state index in [-0.39, 0.29) is 34.4 Å². The largest absolute Gasteiger partial charge is 0.444 e. The average molecular weight is 640 g/mol. The maximum absolute atomic E-state index is 14.4. The van der Waals surface area contributed by atoms with Crippen LogP contribution in [-0.2, 0) is 15.7 Å². The number of rotatable bonds is 8. The molecule has 0 unspecified atom stereocenters. The highest BCUT2D eigenvalue weighted by molar-refractivity contribution is 6.74. The molecule has 11 heteroatoms. The first-order chi connectivity index (χ1) is 20.9. The van der Waals surface area contributed by atoms with Gasteiger partial charge in [0.15, 0.2) is 8.32 Å². The van der Waals surface area contributed by atoms with Gasteiger partial charge in [-0.3, -0.25) is 9.97 Å². The lowest BCUT2D eigenvalue weighted by Crippen LogP contribution is -2.62. The molecule has 1 amide bonds. The predicted octanol–water partition coefficient (Wildman–Crippen LogP) is 7.77. The summed E-state index contributed by atoms with van der Waals surface area (Å²) in [5, 5.41) is 6.55. The Balaban J connectivity index is 1.57. The topological polar surface area (TPSA) is 88.6 Å². The van der Waals surface area contributed by atoms with E-state index in [0.29, 0.717) is 25.3 Å². The summed E-state index contributed by atoms with van der Waals surface area (Å²) in [4.78, 5) is 24.1. The molecule has 3 atom stereocenters. The van der Waals surface area contributed by atoms with Gasteiger partial charge in [0.2, 0.25) is 0 Å². The molecule has 8 nitrogen and oxygen atoms in total. The molecule has 2 N–H and O–H groups in total. The average Bonchev–Trinajstić information content (AvgIpc) is 2.92. The molecule has 0 aliphatic carbocycles. The van der Waals surface area contributed by atoms with Crippen molar-refractivity contribution in [2.75, 3.05) is 23.3 Å². The minimum absolute atomic E-state index is 0.00585. The molecule has 1 fully saturated rings. The van der Waals surface area contributed by atoms with Crippen LogP contribution in [0.5, 0.6) is 0 Å². The standard InChI is InChI=1S/C34H47F2N5O3Si/c1-22-20-41(21-28(40-32(42)43-33(2,3)4)31(22)44-45(8,9)34(5,6)7)29-16-17-37-19-27(29)38-18-23-12-10-15-26(39-23)30-24(35)13-11-14-25(30)36/h10-17,19,22,28,31,38H,18,20-21H2,1-9H3,(H,40,42)/t22-,28+,31+/m0/s1. The highest BCUT2D eigenvalue weighted by atomic mass is 28.4. The Morgan fingerprint density at radius 2 is 1.69 bits per heavy atom. The fourth-order valence-electron chi connectivity index (χ4n) is 5.21. The second kappa shape index (κ2) is 13.4. The number of carbonyl (C=O) groups is 1. The summed E-state index contributed by atoms with van der Waals surface area (Å²) in [6.07, 6.45) is 2.81. The highest BCUT2D eigenvalue weighted by Gasteiger charge is 2.45. The van der Waals surface area contributed by atoms with E-state index < -0.39 is 31.6 Å². The number of aromatic nitrogens is 2. The van der Waals surface area contributed by atoms with Crippen LogP contribution in [0.15, 0.2) is 54.9 Å². The van der Waals surface area contributed by atoms with Crippen molar-refractivity contribution < 1.29 is 22.7 Å². The zero-order valence-electron chi connectivity index (χ0n) is 27.9. The van der Waals surface area contributed by atoms with Gasteiger partial charge in [-0.1, -0.05) is 39.8 Å². The SMILES string of the molecule is C[C@H]1CN(c2ccncc2NCc2cccc(-c3c(F)cccc3F)n2)C[C@@H](NC(=O)OC(C)(C)C)[C@@H]1O[Si](C)(C)C(C)(C)C. The van der Waals surface area contributed by atoms with Gasteiger partial charge in [-0.25, -0.2) is 13.6 Å². The first-order valence-corrected chi connectivity index (χ1v) is 18.4. The summed E-state index contributed by atoms with van der Waals surface area (Å²) in [5.74, 6) is -1.23. The van der Waals surface area contributed by atoms with Gasteiger partial charge in [0.25, 0.3) is 0 Å². The quantitative estimate of drug-likeness (QED) is 0.244. The number of ether oxygens (including phenoxy) is 1. The third kappa shape index (κ3) is 8.58. The molecule has 244 valence electrons. The van der Waals surface area contributed by atoms with Crippen LogP contribution < -0.4 is 15.5 Å². The number of benzene rings is 1. The van der Waals surface area contributed by atoms with Gasteiger partial charge < -0.3 is 24.7 Å². The van der Waals surface area contributed by atoms with Crippen molar-refractivity contribution in [2.45, 2.75) is 90.9 Å². The summed E-state index contributed by atoms with van der Waals surface area (Å²) in [5.41, 5.74) is 1.74. The predicted molar refractivity (Wildman–Crippen MR) is 178 cm³/mol. The lowest BCUT2D eigenvalue weighted by molar-refractivity contribution is 0.0336. The van der Waals surface area contributed by atoms with E-state index in [9.17, 15) is 13.6 Å². The van der Waals surface area contributed by atoms with Crippen molar-refractivity contribution in [2.24, 2.45) is 5.92 Å². The Bertz CT molecular complexity index is 1470. The molecular weight excluding hydrogens is 592 g/mol. The van der Waals surface area contributed by atoms with E-state index in [2.05, 4.69) is 66.3 Å². The number of carbonyl (C=O) groups excluding carboxylic acids is 1. The molecule has 2 aromatic heterocycles. The van der Waals surface area contributed by atoms with Gasteiger partial charge in [0, 0.05) is 25.2 Å². The van der Waals surface area contributed by atoms with Crippen molar-refractivity contribution in [3.8, 4) is 11.3 Å². The smallest absolute Gasteiger partial charge is 0.408 e. The van der Waals surface area contributed by atoms with Gasteiger partial charge in [-0.2, -0.15) is 0 Å². The number of hydrogen-bond donors (Lipinski definition) is 2. The van der Waals surface area contributed by atoms with E-state index in [4.69, 9.17) is 9.16 Å². The van der Waals surface area contributed by atoms with E-state index in [0.717, 1.165) is 11.4 Å². The van der Waals surface area contributed by atoms with Gasteiger partial charge in [-0.15, -0.1) is 0 Å². The molecule has 3 aromatic rings. The fourth-order valence-corrected chi connectivity index (χ4v) is 6.64. The number of nitrogens with one attached hydrogen (secondary N) is 2. The lowest BCUT2D eigenvalue weighted by Gasteiger charge is -2.48. The number of piperidine rings is 1. The highest BCUT2D eigenvalue weighted by Crippen LogP contribution is 2.40. The van der Waals surface area contributed by atoms with Crippen LogP contribution in [0, 0.1) is 17.6 Å². The summed E-state index contributed by atoms with van der Waals surface area (Å²) < 4.78 is 41.4. The maximum atomic E-state index is 14.4. The van der Waals surface area contributed by atoms with Crippen LogP contribution in [0.4, 0.5) is 25.0 Å². The second-order valence-electron chi connectivity index (χ2n) is 14.3. The maximum Gasteiger partial charge on any atom is 0.408 e. The van der Waals surface area contributed by atoms with E-state index in [1.165, 1.54) is 18.2 Å². The molecule has 0 spiro atoms. The third-order valence-corrected chi connectivity index (χ3v) is 12.9. The first kappa shape index (κ1) is 34.3. The summed E-state index contributed by atoms with van der Waals surface area (Å²) in [6, 6.07) is 10.5. The summed E-state index contributed by atoms with van der Waals surface area (Å²) >= 11 is 0. The third-order valence-electron chi connectivity index (χ3n) is 8.45. The summed E-state index contributed by atoms with van der Waals surface area (Å²) in [6.45, 7) is 20.3. The molecular formula is C34H47F2N5O3Si. The van der Waals surface area contributed by atoms with Crippen LogP contribution in [0.25, 0.3) is 11.3 Å². The number of amides is 1. The van der Waals surface area contributed by atoms with Crippen LogP contribution in [0.2, 0.25) is 18.1 Å². The van der Waals surface area contributed by atoms with Crippen molar-refractivity contribution in [1.82, 2.24) is 15.3 Å². The van der Waals surface area contributed by atoms with Gasteiger partial charge >= 0.3 is 6.09 Å². The molecule has 0 bridgehead atoms. The van der Waals surface area contributed by atoms with Crippen LogP contribution in [-0.4, -0.2) is 55.2 Å². The van der Waals surface area contributed by atoms with E-state index in [1.807, 2.05) is 26.8 Å². The normalized spacial score (nSPS) is 19.3. The zero-order valence-corrected chi connectivity index (χ0v) is 28.9. The molecule has 0 saturated carbocycles. The number of nitrogens with zero attached hydrogens (tertiary/aromatic N) is 3. The Kier molecular flexibility index (Phi) is 10.2. The Morgan fingerprint density at radius 3 is 2.33 bits per heavy atom. The number of halogens is 2. The Hall–Kier alpha value is -3.57. The molecule has 0 radical (unpaired) electrons. The summed E-state index contributed by atoms with van der Waals surface area (Å²) in [7, 11) is -2.16. The second-order valence-corrected chi connectivity index (χ2v) is 19.1. The molecule has 3 heterocycles. The van der Waals surface area contributed by atoms with Crippen LogP contribution in [0.1, 0.15) is 54.2 Å². The zero-order chi connectivity index (χ0) is 33.2. The molecule has 1 saturated heterocycles. The van der Waals surface area contributed by atoms with Crippen molar-refractivity contribution in [1.29, 1.82) is 0 Å². The monoisotopic (exact) mass is 639 g/mol. The van der Waals surface area contributed by atoms with Gasteiger partial charge in [0.05, 0.1) is 53.2 Å². The minimum atomic E-state index is -2.16. The van der Waals surface area contributed by atoms with Crippen molar-refractivity contribution in [3.63, 3.8) is 0 Å². The fraction of sp³-hybridized carbons (Fsp3) is 0.500. The first-order valence-electron chi connectivity index (χ1n) is 15.5. The molecule has 1 aromatic carbocycles. The molecule has 4 rings (SSSR count). The van der Waals surface area contributed by atoms with E-state index in [1.54, 1.807) is 30.6 Å². The van der Waals surface area contributed by atoms with Crippen molar-refractivity contribution >= 4 is 25.8 Å². The number of anilines is 2. The van der Waals surface area contributed by atoms with Gasteiger partial charge in [0.1, 0.15) is 17.2 Å². The number of hydrogen-bond acceptors (Lipinski definition) is 7. The van der Waals surface area contributed by atoms with Crippen LogP contribution >= 0.6 is 0 Å². The minimum Gasteiger partial charge on any atom is -0.444 e. The Labute approximate surface area is 267 Å². The molecule has 1 aliphatic heterocycles. The lowest BCUT2D eigenvalue weighted by atomic mass is 9.92. The molecule has 1 aliphatic rings. The molecule has 45 heavy (non-hydrogen) atoms. The van der Waals surface area contributed by atoms with Crippen LogP contribution in [0.3, 0.4) is 0 Å². The Morgan fingerprint density at radius 1 is 1.02 bits per heavy atom. The number of alkyl carbamates (subject to hydrolysis) is 1. The van der Waals surface area contributed by atoms with Gasteiger partial charge in [-0.05, 0) is 69.2 Å². The van der Waals surface area contributed by atoms with E-state index >= 15 is 0 Å². The number of pyridine rings is 2.